The van der Waals surface area contributed by atoms with Gasteiger partial charge in [-0.05, 0) is 24.6 Å². The van der Waals surface area contributed by atoms with Gasteiger partial charge >= 0.3 is 0 Å². The molecule has 1 aromatic heterocycles. The molecule has 0 bridgehead atoms. The third-order valence-corrected chi connectivity index (χ3v) is 3.92. The number of hydrogen-bond acceptors (Lipinski definition) is 3. The fourth-order valence-corrected chi connectivity index (χ4v) is 2.66. The van der Waals surface area contributed by atoms with Crippen molar-refractivity contribution < 1.29 is 4.79 Å². The average Bonchev–Trinajstić information content (AvgIpc) is 2.61. The van der Waals surface area contributed by atoms with Crippen LogP contribution in [-0.4, -0.2) is 22.0 Å². The zero-order chi connectivity index (χ0) is 16.9. The van der Waals surface area contributed by atoms with Crippen molar-refractivity contribution in [3.05, 3.63) is 58.9 Å². The van der Waals surface area contributed by atoms with Gasteiger partial charge in [0.2, 0.25) is 5.91 Å². The SMILES string of the molecule is O=C(CCCCl)Nc1cccc(-c2n[nH]c(=O)c3ccccc23)c1. The van der Waals surface area contributed by atoms with Crippen molar-refractivity contribution in [2.75, 3.05) is 11.2 Å². The molecule has 3 aromatic rings. The highest BCUT2D eigenvalue weighted by atomic mass is 35.5. The van der Waals surface area contributed by atoms with Gasteiger partial charge < -0.3 is 5.32 Å². The molecule has 122 valence electrons. The molecule has 0 aliphatic heterocycles. The van der Waals surface area contributed by atoms with Crippen LogP contribution in [0.25, 0.3) is 22.0 Å². The molecule has 2 aromatic carbocycles. The van der Waals surface area contributed by atoms with Gasteiger partial charge in [0.25, 0.3) is 5.56 Å². The summed E-state index contributed by atoms with van der Waals surface area (Å²) in [5.74, 6) is 0.382. The van der Waals surface area contributed by atoms with Gasteiger partial charge in [-0.2, -0.15) is 5.10 Å². The molecule has 0 aliphatic rings. The minimum atomic E-state index is -0.222. The number of anilines is 1. The summed E-state index contributed by atoms with van der Waals surface area (Å²) in [5, 5.41) is 10.9. The van der Waals surface area contributed by atoms with Crippen LogP contribution >= 0.6 is 11.6 Å². The molecule has 0 saturated heterocycles. The summed E-state index contributed by atoms with van der Waals surface area (Å²) < 4.78 is 0. The Morgan fingerprint density at radius 1 is 1.12 bits per heavy atom. The number of rotatable bonds is 5. The Morgan fingerprint density at radius 3 is 2.71 bits per heavy atom. The maximum atomic E-state index is 11.9. The Hall–Kier alpha value is -2.66. The van der Waals surface area contributed by atoms with E-state index in [9.17, 15) is 9.59 Å². The van der Waals surface area contributed by atoms with Crippen molar-refractivity contribution in [3.63, 3.8) is 0 Å². The van der Waals surface area contributed by atoms with Crippen LogP contribution in [-0.2, 0) is 4.79 Å². The lowest BCUT2D eigenvalue weighted by atomic mass is 10.0. The van der Waals surface area contributed by atoms with Crippen LogP contribution in [0.5, 0.6) is 0 Å². The highest BCUT2D eigenvalue weighted by Gasteiger charge is 2.09. The van der Waals surface area contributed by atoms with Gasteiger partial charge in [-0.15, -0.1) is 11.6 Å². The lowest BCUT2D eigenvalue weighted by molar-refractivity contribution is -0.116. The standard InChI is InChI=1S/C18H16ClN3O2/c19-10-4-9-16(23)20-13-6-3-5-12(11-13)17-14-7-1-2-8-15(14)18(24)22-21-17/h1-3,5-8,11H,4,9-10H2,(H,20,23)(H,22,24). The molecule has 6 heteroatoms. The van der Waals surface area contributed by atoms with Crippen molar-refractivity contribution in [1.29, 1.82) is 0 Å². The smallest absolute Gasteiger partial charge is 0.272 e. The van der Waals surface area contributed by atoms with Gasteiger partial charge in [-0.1, -0.05) is 30.3 Å². The van der Waals surface area contributed by atoms with Crippen molar-refractivity contribution in [2.45, 2.75) is 12.8 Å². The maximum Gasteiger partial charge on any atom is 0.272 e. The Balaban J connectivity index is 1.96. The predicted molar refractivity (Wildman–Crippen MR) is 96.4 cm³/mol. The van der Waals surface area contributed by atoms with Crippen molar-refractivity contribution in [2.24, 2.45) is 0 Å². The predicted octanol–water partition coefficient (Wildman–Crippen LogP) is 3.55. The minimum absolute atomic E-state index is 0.0768. The second kappa shape index (κ2) is 7.27. The summed E-state index contributed by atoms with van der Waals surface area (Å²) in [6.45, 7) is 0. The van der Waals surface area contributed by atoms with Crippen LogP contribution in [0, 0.1) is 0 Å². The first-order valence-corrected chi connectivity index (χ1v) is 8.16. The summed E-state index contributed by atoms with van der Waals surface area (Å²) in [5.41, 5.74) is 1.95. The number of aromatic nitrogens is 2. The van der Waals surface area contributed by atoms with E-state index in [0.717, 1.165) is 10.9 Å². The van der Waals surface area contributed by atoms with E-state index in [-0.39, 0.29) is 11.5 Å². The monoisotopic (exact) mass is 341 g/mol. The van der Waals surface area contributed by atoms with Gasteiger partial charge in [0.1, 0.15) is 0 Å². The highest BCUT2D eigenvalue weighted by molar-refractivity contribution is 6.18. The fourth-order valence-electron chi connectivity index (χ4n) is 2.53. The summed E-state index contributed by atoms with van der Waals surface area (Å²) in [6, 6.07) is 14.7. The maximum absolute atomic E-state index is 11.9. The quantitative estimate of drug-likeness (QED) is 0.697. The van der Waals surface area contributed by atoms with Gasteiger partial charge in [-0.3, -0.25) is 9.59 Å². The summed E-state index contributed by atoms with van der Waals surface area (Å²) in [4.78, 5) is 23.7. The van der Waals surface area contributed by atoms with E-state index >= 15 is 0 Å². The molecule has 3 rings (SSSR count). The van der Waals surface area contributed by atoms with E-state index in [1.165, 1.54) is 0 Å². The van der Waals surface area contributed by atoms with Crippen LogP contribution in [0.3, 0.4) is 0 Å². The molecule has 0 spiro atoms. The Kier molecular flexibility index (Phi) is 4.91. The largest absolute Gasteiger partial charge is 0.326 e. The van der Waals surface area contributed by atoms with Crippen LogP contribution in [0.4, 0.5) is 5.69 Å². The van der Waals surface area contributed by atoms with Crippen molar-refractivity contribution in [3.8, 4) is 11.3 Å². The first-order chi connectivity index (χ1) is 11.7. The van der Waals surface area contributed by atoms with E-state index in [4.69, 9.17) is 11.6 Å². The van der Waals surface area contributed by atoms with E-state index < -0.39 is 0 Å². The van der Waals surface area contributed by atoms with Crippen LogP contribution < -0.4 is 10.9 Å². The van der Waals surface area contributed by atoms with Gasteiger partial charge in [0, 0.05) is 28.9 Å². The topological polar surface area (TPSA) is 74.8 Å². The van der Waals surface area contributed by atoms with E-state index in [1.807, 2.05) is 42.5 Å². The number of H-pyrrole nitrogens is 1. The number of nitrogens with one attached hydrogen (secondary N) is 2. The number of hydrogen-bond donors (Lipinski definition) is 2. The second-order valence-corrected chi connectivity index (χ2v) is 5.75. The average molecular weight is 342 g/mol. The van der Waals surface area contributed by atoms with Crippen molar-refractivity contribution in [1.82, 2.24) is 10.2 Å². The molecule has 1 heterocycles. The van der Waals surface area contributed by atoms with Gasteiger partial charge in [0.15, 0.2) is 0 Å². The summed E-state index contributed by atoms with van der Waals surface area (Å²) in [7, 11) is 0. The third-order valence-electron chi connectivity index (χ3n) is 3.65. The summed E-state index contributed by atoms with van der Waals surface area (Å²) in [6.07, 6.45) is 1.02. The molecule has 24 heavy (non-hydrogen) atoms. The molecule has 0 aliphatic carbocycles. The molecule has 0 saturated carbocycles. The number of alkyl halides is 1. The molecule has 0 fully saturated rings. The number of benzene rings is 2. The second-order valence-electron chi connectivity index (χ2n) is 5.37. The minimum Gasteiger partial charge on any atom is -0.326 e. The Morgan fingerprint density at radius 2 is 1.92 bits per heavy atom. The fraction of sp³-hybridized carbons (Fsp3) is 0.167. The van der Waals surface area contributed by atoms with E-state index in [2.05, 4.69) is 15.5 Å². The highest BCUT2D eigenvalue weighted by Crippen LogP contribution is 2.26. The van der Waals surface area contributed by atoms with Crippen LogP contribution in [0.2, 0.25) is 0 Å². The number of amides is 1. The lowest BCUT2D eigenvalue weighted by Crippen LogP contribution is -2.11. The van der Waals surface area contributed by atoms with Crippen LogP contribution in [0.15, 0.2) is 53.3 Å². The zero-order valence-corrected chi connectivity index (χ0v) is 13.6. The first kappa shape index (κ1) is 16.2. The Labute approximate surface area is 143 Å². The van der Waals surface area contributed by atoms with Gasteiger partial charge in [-0.25, -0.2) is 5.10 Å². The molecule has 0 unspecified atom stereocenters. The number of carbonyl (C=O) groups is 1. The van der Waals surface area contributed by atoms with E-state index in [1.54, 1.807) is 6.07 Å². The van der Waals surface area contributed by atoms with Crippen LogP contribution in [0.1, 0.15) is 12.8 Å². The molecule has 1 amide bonds. The molecule has 0 atom stereocenters. The first-order valence-electron chi connectivity index (χ1n) is 7.62. The number of fused-ring (bicyclic) bond motifs is 1. The molecule has 0 radical (unpaired) electrons. The Bertz CT molecular complexity index is 937. The molecular weight excluding hydrogens is 326 g/mol. The number of nitrogens with zero attached hydrogens (tertiary/aromatic N) is 1. The summed E-state index contributed by atoms with van der Waals surface area (Å²) >= 11 is 5.60. The number of carbonyl (C=O) groups excluding carboxylic acids is 1. The number of aromatic amines is 1. The lowest BCUT2D eigenvalue weighted by Gasteiger charge is -2.08. The van der Waals surface area contributed by atoms with E-state index in [0.29, 0.717) is 35.5 Å². The molecule has 2 N–H and O–H groups in total. The van der Waals surface area contributed by atoms with Gasteiger partial charge in [0.05, 0.1) is 11.1 Å². The zero-order valence-electron chi connectivity index (χ0n) is 12.9. The normalized spacial score (nSPS) is 10.7. The number of halogens is 1. The molecular formula is C18H16ClN3O2. The third kappa shape index (κ3) is 3.46. The molecule has 5 nitrogen and oxygen atoms in total. The van der Waals surface area contributed by atoms with Crippen molar-refractivity contribution >= 4 is 34.0 Å².